The van der Waals surface area contributed by atoms with Gasteiger partial charge in [0, 0.05) is 31.6 Å². The molecule has 0 aromatic heterocycles. The quantitative estimate of drug-likeness (QED) is 0.213. The number of carbonyl (C=O) groups excluding carboxylic acids is 1. The monoisotopic (exact) mass is 666 g/mol. The van der Waals surface area contributed by atoms with Crippen LogP contribution in [0.3, 0.4) is 0 Å². The van der Waals surface area contributed by atoms with Crippen LogP contribution in [0, 0.1) is 28.6 Å². The highest BCUT2D eigenvalue weighted by Gasteiger charge is 2.69. The van der Waals surface area contributed by atoms with E-state index < -0.39 is 54.2 Å². The number of nitriles is 1. The van der Waals surface area contributed by atoms with Gasteiger partial charge < -0.3 is 19.3 Å². The molecule has 48 heavy (non-hydrogen) atoms. The van der Waals surface area contributed by atoms with E-state index in [4.69, 9.17) is 9.31 Å². The summed E-state index contributed by atoms with van der Waals surface area (Å²) in [7, 11) is -0.802. The Morgan fingerprint density at radius 3 is 2.46 bits per heavy atom. The van der Waals surface area contributed by atoms with Gasteiger partial charge in [-0.05, 0) is 88.7 Å². The van der Waals surface area contributed by atoms with Gasteiger partial charge in [0.25, 0.3) is 11.8 Å². The average molecular weight is 667 g/mol. The molecule has 1 N–H and O–H groups in total. The average Bonchev–Trinajstić information content (AvgIpc) is 3.58. The molecule has 2 amide bonds. The maximum atomic E-state index is 14.0. The highest BCUT2D eigenvalue weighted by atomic mass is 19.3. The van der Waals surface area contributed by atoms with E-state index in [9.17, 15) is 28.7 Å². The Hall–Kier alpha value is -3.01. The second-order valence-corrected chi connectivity index (χ2v) is 16.4. The standard InChI is InChI=1S/C36H49BF2N4O5/c1-32(2,42-16-14-36(38,39)23-42)20-25(21-40)30(44)41-15-10-13-34(5,22-41)43(31(45)46)29(17-24-11-8-7-9-12-24)37-47-28-19-26-18-27(33(26,3)4)35(28,6)48-37/h7-9,11-12,20,26-29H,10,13-19,22-23H2,1-6H3,(H,45,46)/t26-,27-,28+,29-,34?,35-/m0/s1. The van der Waals surface area contributed by atoms with Crippen molar-refractivity contribution in [2.45, 2.75) is 115 Å². The minimum absolute atomic E-state index is 0.0653. The Morgan fingerprint density at radius 2 is 1.85 bits per heavy atom. The summed E-state index contributed by atoms with van der Waals surface area (Å²) < 4.78 is 41.6. The van der Waals surface area contributed by atoms with Gasteiger partial charge in [0.1, 0.15) is 11.6 Å². The van der Waals surface area contributed by atoms with Crippen LogP contribution in [0.25, 0.3) is 0 Å². The third-order valence-electron chi connectivity index (χ3n) is 12.5. The van der Waals surface area contributed by atoms with Gasteiger partial charge in [0.05, 0.1) is 29.7 Å². The van der Waals surface area contributed by atoms with Crippen LogP contribution in [0.1, 0.15) is 79.2 Å². The van der Waals surface area contributed by atoms with Crippen LogP contribution in [0.4, 0.5) is 13.6 Å². The van der Waals surface area contributed by atoms with E-state index in [1.807, 2.05) is 43.3 Å². The van der Waals surface area contributed by atoms with Crippen molar-refractivity contribution in [1.82, 2.24) is 14.7 Å². The lowest BCUT2D eigenvalue weighted by molar-refractivity contribution is -0.199. The fourth-order valence-electron chi connectivity index (χ4n) is 9.58. The number of piperidine rings is 1. The van der Waals surface area contributed by atoms with Crippen LogP contribution in [0.15, 0.2) is 42.0 Å². The van der Waals surface area contributed by atoms with Crippen molar-refractivity contribution in [1.29, 1.82) is 5.26 Å². The van der Waals surface area contributed by atoms with Gasteiger partial charge in [-0.15, -0.1) is 0 Å². The molecule has 9 nitrogen and oxygen atoms in total. The van der Waals surface area contributed by atoms with Gasteiger partial charge in [0.2, 0.25) is 0 Å². The Morgan fingerprint density at radius 1 is 1.15 bits per heavy atom. The number of carboxylic acid groups (broad SMARTS) is 1. The fourth-order valence-corrected chi connectivity index (χ4v) is 9.58. The van der Waals surface area contributed by atoms with E-state index in [-0.39, 0.29) is 36.6 Å². The first-order valence-corrected chi connectivity index (χ1v) is 17.3. The van der Waals surface area contributed by atoms with Crippen LogP contribution >= 0.6 is 0 Å². The number of hydrogen-bond acceptors (Lipinski definition) is 6. The first-order chi connectivity index (χ1) is 22.4. The molecule has 6 aliphatic rings. The van der Waals surface area contributed by atoms with Crippen LogP contribution < -0.4 is 0 Å². The molecule has 2 bridgehead atoms. The van der Waals surface area contributed by atoms with Crippen molar-refractivity contribution in [2.24, 2.45) is 17.3 Å². The summed E-state index contributed by atoms with van der Waals surface area (Å²) in [5, 5.41) is 21.0. The Balaban J connectivity index is 1.28. The minimum Gasteiger partial charge on any atom is -0.465 e. The van der Waals surface area contributed by atoms with Crippen LogP contribution in [0.2, 0.25) is 0 Å². The zero-order valence-electron chi connectivity index (χ0n) is 29.0. The van der Waals surface area contributed by atoms with Crippen molar-refractivity contribution in [3.63, 3.8) is 0 Å². The minimum atomic E-state index is -2.81. The summed E-state index contributed by atoms with van der Waals surface area (Å²) in [6, 6.07) is 11.7. The zero-order chi connectivity index (χ0) is 34.9. The van der Waals surface area contributed by atoms with Gasteiger partial charge >= 0.3 is 13.2 Å². The first kappa shape index (κ1) is 34.8. The van der Waals surface area contributed by atoms with Gasteiger partial charge in [-0.3, -0.25) is 14.6 Å². The van der Waals surface area contributed by atoms with E-state index in [1.165, 1.54) is 15.9 Å². The molecule has 12 heteroatoms. The lowest BCUT2D eigenvalue weighted by Crippen LogP contribution is -2.66. The normalized spacial score (nSPS) is 33.4. The summed E-state index contributed by atoms with van der Waals surface area (Å²) in [6.45, 7) is 12.1. The van der Waals surface area contributed by atoms with Crippen LogP contribution in [-0.4, -0.2) is 99.8 Å². The van der Waals surface area contributed by atoms with E-state index in [1.54, 1.807) is 18.7 Å². The van der Waals surface area contributed by atoms with Crippen molar-refractivity contribution in [3.8, 4) is 6.07 Å². The number of carbonyl (C=O) groups is 2. The summed E-state index contributed by atoms with van der Waals surface area (Å²) in [4.78, 5) is 31.9. The second-order valence-electron chi connectivity index (χ2n) is 16.4. The van der Waals surface area contributed by atoms with Crippen molar-refractivity contribution in [3.05, 3.63) is 47.5 Å². The van der Waals surface area contributed by atoms with Crippen LogP contribution in [-0.2, 0) is 20.5 Å². The topological polar surface area (TPSA) is 106 Å². The Kier molecular flexibility index (Phi) is 8.78. The molecular weight excluding hydrogens is 617 g/mol. The molecule has 3 aliphatic heterocycles. The largest absolute Gasteiger partial charge is 0.482 e. The molecule has 3 saturated carbocycles. The SMILES string of the molecule is CC1(C)[C@@H]2C[C@H]3OB([C@H](Cc4ccccc4)N(C(=O)O)C4(C)CCCN(C(=O)C(C#N)=CC(C)(C)N5CCC(F)(F)C5)C4)O[C@@]3(C)[C@H]1C2. The second kappa shape index (κ2) is 12.1. The molecule has 7 rings (SSSR count). The molecule has 6 atom stereocenters. The molecule has 0 spiro atoms. The highest BCUT2D eigenvalue weighted by molar-refractivity contribution is 6.48. The summed E-state index contributed by atoms with van der Waals surface area (Å²) in [6.07, 6.45) is 3.27. The summed E-state index contributed by atoms with van der Waals surface area (Å²) in [5.74, 6) is -3.20. The molecular formula is C36H49BF2N4O5. The van der Waals surface area contributed by atoms with Gasteiger partial charge in [-0.25, -0.2) is 13.6 Å². The van der Waals surface area contributed by atoms with Crippen molar-refractivity contribution >= 4 is 19.1 Å². The van der Waals surface area contributed by atoms with Gasteiger partial charge in [-0.1, -0.05) is 44.2 Å². The predicted molar refractivity (Wildman–Crippen MR) is 177 cm³/mol. The molecule has 0 radical (unpaired) electrons. The zero-order valence-corrected chi connectivity index (χ0v) is 29.0. The van der Waals surface area contributed by atoms with Crippen molar-refractivity contribution in [2.75, 3.05) is 26.2 Å². The molecule has 1 aromatic carbocycles. The van der Waals surface area contributed by atoms with Crippen molar-refractivity contribution < 1.29 is 32.8 Å². The Labute approximate surface area is 283 Å². The number of alkyl halides is 2. The maximum Gasteiger partial charge on any atom is 0.482 e. The third kappa shape index (κ3) is 6.05. The number of amides is 2. The highest BCUT2D eigenvalue weighted by Crippen LogP contribution is 2.66. The number of halogens is 2. The van der Waals surface area contributed by atoms with E-state index in [0.717, 1.165) is 18.4 Å². The lowest BCUT2D eigenvalue weighted by atomic mass is 9.43. The molecule has 3 heterocycles. The molecule has 6 fully saturated rings. The molecule has 3 aliphatic carbocycles. The van der Waals surface area contributed by atoms with E-state index in [0.29, 0.717) is 37.6 Å². The molecule has 1 unspecified atom stereocenters. The number of rotatable bonds is 8. The third-order valence-corrected chi connectivity index (χ3v) is 12.5. The number of nitrogens with zero attached hydrogens (tertiary/aromatic N) is 4. The molecule has 1 aromatic rings. The number of likely N-dealkylation sites (tertiary alicyclic amines) is 2. The van der Waals surface area contributed by atoms with Gasteiger partial charge in [-0.2, -0.15) is 5.26 Å². The summed E-state index contributed by atoms with van der Waals surface area (Å²) in [5.41, 5.74) is -1.57. The molecule has 3 saturated heterocycles. The van der Waals surface area contributed by atoms with Crippen LogP contribution in [0.5, 0.6) is 0 Å². The fraction of sp³-hybridized carbons (Fsp3) is 0.694. The maximum absolute atomic E-state index is 14.0. The first-order valence-electron chi connectivity index (χ1n) is 17.3. The lowest BCUT2D eigenvalue weighted by Gasteiger charge is -2.64. The molecule has 260 valence electrons. The van der Waals surface area contributed by atoms with E-state index >= 15 is 0 Å². The van der Waals surface area contributed by atoms with E-state index in [2.05, 4.69) is 20.8 Å². The Bertz CT molecular complexity index is 1500. The number of hydrogen-bond donors (Lipinski definition) is 1. The number of benzene rings is 1. The smallest absolute Gasteiger partial charge is 0.465 e. The predicted octanol–water partition coefficient (Wildman–Crippen LogP) is 5.80. The van der Waals surface area contributed by atoms with Gasteiger partial charge in [0.15, 0.2) is 0 Å². The summed E-state index contributed by atoms with van der Waals surface area (Å²) >= 11 is 0.